The zero-order valence-electron chi connectivity index (χ0n) is 11.2. The second kappa shape index (κ2) is 4.71. The Kier molecular flexibility index (Phi) is 3.14. The van der Waals surface area contributed by atoms with E-state index >= 15 is 0 Å². The SMILES string of the molecule is CCC1CN(S(=O)(=O)c2ccc3[nH]c(=O)ccc3c2)C1. The summed E-state index contributed by atoms with van der Waals surface area (Å²) in [4.78, 5) is 14.2. The molecular weight excluding hydrogens is 276 g/mol. The van der Waals surface area contributed by atoms with E-state index in [4.69, 9.17) is 0 Å². The fourth-order valence-electron chi connectivity index (χ4n) is 2.42. The van der Waals surface area contributed by atoms with Crippen molar-refractivity contribution in [2.45, 2.75) is 18.2 Å². The van der Waals surface area contributed by atoms with E-state index in [0.717, 1.165) is 11.8 Å². The quantitative estimate of drug-likeness (QED) is 0.933. The predicted octanol–water partition coefficient (Wildman–Crippen LogP) is 1.56. The Balaban J connectivity index is 1.98. The van der Waals surface area contributed by atoms with E-state index in [2.05, 4.69) is 11.9 Å². The van der Waals surface area contributed by atoms with Gasteiger partial charge in [-0.1, -0.05) is 13.3 Å². The van der Waals surface area contributed by atoms with Crippen molar-refractivity contribution >= 4 is 20.9 Å². The number of hydrogen-bond donors (Lipinski definition) is 1. The Morgan fingerprint density at radius 3 is 2.70 bits per heavy atom. The van der Waals surface area contributed by atoms with Gasteiger partial charge in [0.15, 0.2) is 0 Å². The van der Waals surface area contributed by atoms with E-state index < -0.39 is 10.0 Å². The summed E-state index contributed by atoms with van der Waals surface area (Å²) < 4.78 is 26.4. The normalized spacial score (nSPS) is 17.2. The van der Waals surface area contributed by atoms with Crippen molar-refractivity contribution in [3.05, 3.63) is 40.7 Å². The summed E-state index contributed by atoms with van der Waals surface area (Å²) in [5, 5.41) is 0.721. The van der Waals surface area contributed by atoms with Gasteiger partial charge in [-0.15, -0.1) is 0 Å². The standard InChI is InChI=1S/C14H16N2O3S/c1-2-10-8-16(9-10)20(18,19)12-4-5-13-11(7-12)3-6-14(17)15-13/h3-7,10H,2,8-9H2,1H3,(H,15,17). The van der Waals surface area contributed by atoms with Crippen molar-refractivity contribution in [2.75, 3.05) is 13.1 Å². The molecule has 0 aliphatic carbocycles. The molecule has 0 saturated carbocycles. The Bertz CT molecular complexity index is 805. The van der Waals surface area contributed by atoms with Gasteiger partial charge in [-0.25, -0.2) is 8.42 Å². The molecule has 0 bridgehead atoms. The summed E-state index contributed by atoms with van der Waals surface area (Å²) in [7, 11) is -3.41. The first-order chi connectivity index (χ1) is 9.50. The predicted molar refractivity (Wildman–Crippen MR) is 77.1 cm³/mol. The topological polar surface area (TPSA) is 70.2 Å². The van der Waals surface area contributed by atoms with Gasteiger partial charge < -0.3 is 4.98 Å². The molecule has 0 spiro atoms. The monoisotopic (exact) mass is 292 g/mol. The Morgan fingerprint density at radius 1 is 1.25 bits per heavy atom. The number of nitrogens with zero attached hydrogens (tertiary/aromatic N) is 1. The maximum atomic E-state index is 12.4. The fourth-order valence-corrected chi connectivity index (χ4v) is 4.05. The summed E-state index contributed by atoms with van der Waals surface area (Å²) in [5.41, 5.74) is 0.452. The van der Waals surface area contributed by atoms with Crippen LogP contribution >= 0.6 is 0 Å². The van der Waals surface area contributed by atoms with Crippen molar-refractivity contribution in [1.82, 2.24) is 9.29 Å². The molecule has 106 valence electrons. The lowest BCUT2D eigenvalue weighted by Crippen LogP contribution is -2.49. The highest BCUT2D eigenvalue weighted by Crippen LogP contribution is 2.27. The van der Waals surface area contributed by atoms with Gasteiger partial charge in [0.2, 0.25) is 15.6 Å². The minimum absolute atomic E-state index is 0.193. The minimum atomic E-state index is -3.41. The first kappa shape index (κ1) is 13.3. The summed E-state index contributed by atoms with van der Waals surface area (Å²) in [6, 6.07) is 7.83. The largest absolute Gasteiger partial charge is 0.322 e. The lowest BCUT2D eigenvalue weighted by atomic mass is 10.0. The van der Waals surface area contributed by atoms with Crippen LogP contribution in [0.15, 0.2) is 40.0 Å². The van der Waals surface area contributed by atoms with Gasteiger partial charge in [0, 0.05) is 24.7 Å². The average Bonchev–Trinajstić information content (AvgIpc) is 2.36. The number of rotatable bonds is 3. The maximum Gasteiger partial charge on any atom is 0.248 e. The van der Waals surface area contributed by atoms with E-state index in [1.807, 2.05) is 0 Å². The third-order valence-corrected chi connectivity index (χ3v) is 5.66. The molecule has 0 radical (unpaired) electrons. The first-order valence-corrected chi connectivity index (χ1v) is 8.08. The Morgan fingerprint density at radius 2 is 2.00 bits per heavy atom. The highest BCUT2D eigenvalue weighted by Gasteiger charge is 2.35. The van der Waals surface area contributed by atoms with Crippen molar-refractivity contribution in [2.24, 2.45) is 5.92 Å². The molecule has 6 heteroatoms. The second-order valence-corrected chi connectivity index (χ2v) is 7.11. The molecule has 0 unspecified atom stereocenters. The number of aromatic nitrogens is 1. The van der Waals surface area contributed by atoms with Gasteiger partial charge in [0.05, 0.1) is 4.90 Å². The van der Waals surface area contributed by atoms with Crippen LogP contribution in [0.1, 0.15) is 13.3 Å². The van der Waals surface area contributed by atoms with Crippen LogP contribution < -0.4 is 5.56 Å². The van der Waals surface area contributed by atoms with Crippen LogP contribution in [0, 0.1) is 5.92 Å². The van der Waals surface area contributed by atoms with E-state index in [-0.39, 0.29) is 10.5 Å². The molecule has 2 heterocycles. The van der Waals surface area contributed by atoms with Gasteiger partial charge in [0.25, 0.3) is 0 Å². The number of sulfonamides is 1. The molecule has 1 N–H and O–H groups in total. The van der Waals surface area contributed by atoms with Gasteiger partial charge in [0.1, 0.15) is 0 Å². The first-order valence-electron chi connectivity index (χ1n) is 6.64. The fraction of sp³-hybridized carbons (Fsp3) is 0.357. The molecule has 1 aromatic carbocycles. The highest BCUT2D eigenvalue weighted by molar-refractivity contribution is 7.89. The Labute approximate surface area is 117 Å². The number of hydrogen-bond acceptors (Lipinski definition) is 3. The van der Waals surface area contributed by atoms with E-state index in [1.54, 1.807) is 24.3 Å². The molecule has 0 amide bonds. The summed E-state index contributed by atoms with van der Waals surface area (Å²) >= 11 is 0. The lowest BCUT2D eigenvalue weighted by Gasteiger charge is -2.37. The van der Waals surface area contributed by atoms with Gasteiger partial charge in [-0.05, 0) is 35.6 Å². The second-order valence-electron chi connectivity index (χ2n) is 5.17. The smallest absolute Gasteiger partial charge is 0.248 e. The number of H-pyrrole nitrogens is 1. The summed E-state index contributed by atoms with van der Waals surface area (Å²) in [6.45, 7) is 3.27. The molecule has 20 heavy (non-hydrogen) atoms. The molecule has 2 aromatic rings. The molecule has 1 saturated heterocycles. The maximum absolute atomic E-state index is 12.4. The van der Waals surface area contributed by atoms with E-state index in [0.29, 0.717) is 24.5 Å². The van der Waals surface area contributed by atoms with Crippen molar-refractivity contribution in [3.8, 4) is 0 Å². The van der Waals surface area contributed by atoms with E-state index in [1.165, 1.54) is 10.4 Å². The van der Waals surface area contributed by atoms with Crippen molar-refractivity contribution in [1.29, 1.82) is 0 Å². The Hall–Kier alpha value is -1.66. The molecule has 1 fully saturated rings. The highest BCUT2D eigenvalue weighted by atomic mass is 32.2. The molecule has 5 nitrogen and oxygen atoms in total. The van der Waals surface area contributed by atoms with Gasteiger partial charge >= 0.3 is 0 Å². The van der Waals surface area contributed by atoms with Crippen LogP contribution in [0.4, 0.5) is 0 Å². The van der Waals surface area contributed by atoms with Gasteiger partial charge in [-0.3, -0.25) is 4.79 Å². The van der Waals surface area contributed by atoms with Crippen LogP contribution in [0.25, 0.3) is 10.9 Å². The van der Waals surface area contributed by atoms with Crippen molar-refractivity contribution < 1.29 is 8.42 Å². The van der Waals surface area contributed by atoms with Crippen LogP contribution in [0.5, 0.6) is 0 Å². The van der Waals surface area contributed by atoms with Crippen molar-refractivity contribution in [3.63, 3.8) is 0 Å². The number of fused-ring (bicyclic) bond motifs is 1. The van der Waals surface area contributed by atoms with E-state index in [9.17, 15) is 13.2 Å². The summed E-state index contributed by atoms with van der Waals surface area (Å²) in [5.74, 6) is 0.474. The number of nitrogens with one attached hydrogen (secondary N) is 1. The average molecular weight is 292 g/mol. The summed E-state index contributed by atoms with van der Waals surface area (Å²) in [6.07, 6.45) is 1.00. The molecule has 3 rings (SSSR count). The number of pyridine rings is 1. The molecule has 1 aliphatic rings. The van der Waals surface area contributed by atoms with Crippen LogP contribution in [-0.4, -0.2) is 30.8 Å². The molecular formula is C14H16N2O3S. The van der Waals surface area contributed by atoms with Crippen LogP contribution in [-0.2, 0) is 10.0 Å². The molecule has 1 aromatic heterocycles. The third-order valence-electron chi connectivity index (χ3n) is 3.83. The van der Waals surface area contributed by atoms with Gasteiger partial charge in [-0.2, -0.15) is 4.31 Å². The lowest BCUT2D eigenvalue weighted by molar-refractivity contribution is 0.196. The zero-order valence-corrected chi connectivity index (χ0v) is 12.0. The van der Waals surface area contributed by atoms with Crippen LogP contribution in [0.3, 0.4) is 0 Å². The zero-order chi connectivity index (χ0) is 14.3. The number of benzene rings is 1. The minimum Gasteiger partial charge on any atom is -0.322 e. The number of aromatic amines is 1. The third kappa shape index (κ3) is 2.14. The molecule has 0 atom stereocenters. The molecule has 1 aliphatic heterocycles. The van der Waals surface area contributed by atoms with Crippen LogP contribution in [0.2, 0.25) is 0 Å².